The molecule has 25 heavy (non-hydrogen) atoms. The van der Waals surface area contributed by atoms with E-state index in [1.54, 1.807) is 14.2 Å². The minimum absolute atomic E-state index is 0. The van der Waals surface area contributed by atoms with Crippen molar-refractivity contribution in [3.05, 3.63) is 29.8 Å². The van der Waals surface area contributed by atoms with Gasteiger partial charge in [-0.3, -0.25) is 14.7 Å². The van der Waals surface area contributed by atoms with Gasteiger partial charge in [0.15, 0.2) is 5.96 Å². The van der Waals surface area contributed by atoms with E-state index in [9.17, 15) is 9.59 Å². The summed E-state index contributed by atoms with van der Waals surface area (Å²) in [6.45, 7) is 1.42. The molecule has 0 bridgehead atoms. The van der Waals surface area contributed by atoms with Crippen molar-refractivity contribution in [2.45, 2.75) is 6.54 Å². The fraction of sp³-hybridized carbons (Fsp3) is 0.438. The molecule has 1 fully saturated rings. The summed E-state index contributed by atoms with van der Waals surface area (Å²) in [6.07, 6.45) is 0. The number of carbonyl (C=O) groups excluding carboxylic acids is 2. The van der Waals surface area contributed by atoms with Crippen molar-refractivity contribution in [2.24, 2.45) is 4.99 Å². The molecule has 9 heteroatoms. The minimum atomic E-state index is -0.348. The second-order valence-corrected chi connectivity index (χ2v) is 5.35. The first-order chi connectivity index (χ1) is 11.6. The molecular weight excluding hydrogens is 437 g/mol. The topological polar surface area (TPSA) is 86.3 Å². The highest BCUT2D eigenvalue weighted by molar-refractivity contribution is 14.0. The number of rotatable bonds is 6. The fourth-order valence-corrected chi connectivity index (χ4v) is 2.51. The number of carbonyl (C=O) groups is 2. The number of hydrogen-bond donors (Lipinski definition) is 2. The normalized spacial score (nSPS) is 14.0. The average molecular weight is 461 g/mol. The number of benzene rings is 1. The second kappa shape index (κ2) is 10.1. The van der Waals surface area contributed by atoms with Crippen molar-refractivity contribution in [1.29, 1.82) is 0 Å². The fourth-order valence-electron chi connectivity index (χ4n) is 2.51. The lowest BCUT2D eigenvalue weighted by Crippen LogP contribution is -2.43. The molecule has 8 nitrogen and oxygen atoms in total. The Kier molecular flexibility index (Phi) is 8.46. The van der Waals surface area contributed by atoms with Gasteiger partial charge in [-0.1, -0.05) is 18.2 Å². The molecule has 0 aliphatic carbocycles. The Bertz CT molecular complexity index is 622. The zero-order valence-corrected chi connectivity index (χ0v) is 16.9. The van der Waals surface area contributed by atoms with E-state index in [1.807, 2.05) is 36.2 Å². The van der Waals surface area contributed by atoms with Crippen LogP contribution in [0.4, 0.5) is 4.79 Å². The number of imide groups is 1. The van der Waals surface area contributed by atoms with E-state index in [-0.39, 0.29) is 42.5 Å². The van der Waals surface area contributed by atoms with Crippen LogP contribution in [-0.4, -0.2) is 68.5 Å². The Balaban J connectivity index is 0.00000312. The molecule has 1 heterocycles. The summed E-state index contributed by atoms with van der Waals surface area (Å²) in [5.74, 6) is 1.28. The molecule has 0 spiro atoms. The number of ether oxygens (including phenoxy) is 1. The van der Waals surface area contributed by atoms with Crippen LogP contribution in [0.15, 0.2) is 29.3 Å². The van der Waals surface area contributed by atoms with E-state index < -0.39 is 0 Å². The van der Waals surface area contributed by atoms with Crippen LogP contribution in [0.25, 0.3) is 0 Å². The molecular formula is C16H24IN5O3. The lowest BCUT2D eigenvalue weighted by molar-refractivity contribution is -0.124. The summed E-state index contributed by atoms with van der Waals surface area (Å²) >= 11 is 0. The number of nitrogens with one attached hydrogen (secondary N) is 2. The highest BCUT2D eigenvalue weighted by Crippen LogP contribution is 2.18. The molecule has 0 radical (unpaired) electrons. The van der Waals surface area contributed by atoms with Crippen molar-refractivity contribution in [2.75, 3.05) is 40.8 Å². The number of nitrogens with zero attached hydrogens (tertiary/aromatic N) is 3. The highest BCUT2D eigenvalue weighted by atomic mass is 127. The van der Waals surface area contributed by atoms with E-state index in [1.165, 1.54) is 4.90 Å². The first kappa shape index (κ1) is 21.0. The SMILES string of the molecule is CN=C(NCCN1C(=O)CNC1=O)N(C)Cc1ccccc1OC.I. The van der Waals surface area contributed by atoms with Gasteiger partial charge in [-0.2, -0.15) is 0 Å². The summed E-state index contributed by atoms with van der Waals surface area (Å²) < 4.78 is 5.36. The van der Waals surface area contributed by atoms with Crippen molar-refractivity contribution in [3.63, 3.8) is 0 Å². The van der Waals surface area contributed by atoms with Gasteiger partial charge in [-0.25, -0.2) is 4.79 Å². The van der Waals surface area contributed by atoms with Crippen LogP contribution in [0.1, 0.15) is 5.56 Å². The monoisotopic (exact) mass is 461 g/mol. The number of hydrogen-bond acceptors (Lipinski definition) is 4. The van der Waals surface area contributed by atoms with Gasteiger partial charge in [-0.05, 0) is 6.07 Å². The molecule has 2 N–H and O–H groups in total. The Labute approximate surface area is 164 Å². The highest BCUT2D eigenvalue weighted by Gasteiger charge is 2.27. The summed E-state index contributed by atoms with van der Waals surface area (Å²) in [5, 5.41) is 5.65. The number of halogens is 1. The zero-order chi connectivity index (χ0) is 17.5. The summed E-state index contributed by atoms with van der Waals surface area (Å²) in [7, 11) is 5.24. The van der Waals surface area contributed by atoms with E-state index in [0.717, 1.165) is 11.3 Å². The van der Waals surface area contributed by atoms with Gasteiger partial charge in [0.2, 0.25) is 5.91 Å². The maximum Gasteiger partial charge on any atom is 0.324 e. The van der Waals surface area contributed by atoms with E-state index >= 15 is 0 Å². The first-order valence-corrected chi connectivity index (χ1v) is 7.68. The molecule has 0 saturated carbocycles. The standard InChI is InChI=1S/C16H23N5O3.HI/c1-17-15(18-8-9-21-14(22)10-19-16(21)23)20(2)11-12-6-4-5-7-13(12)24-3;/h4-7H,8-11H2,1-3H3,(H,17,18)(H,19,23);1H. The molecule has 1 aromatic carbocycles. The number of amides is 3. The molecule has 1 aliphatic rings. The lowest BCUT2D eigenvalue weighted by atomic mass is 10.2. The molecule has 138 valence electrons. The van der Waals surface area contributed by atoms with Gasteiger partial charge in [0.25, 0.3) is 0 Å². The Morgan fingerprint density at radius 3 is 2.72 bits per heavy atom. The van der Waals surface area contributed by atoms with Crippen LogP contribution in [0, 0.1) is 0 Å². The minimum Gasteiger partial charge on any atom is -0.496 e. The molecule has 0 atom stereocenters. The number of urea groups is 1. The van der Waals surface area contributed by atoms with Crippen LogP contribution in [-0.2, 0) is 11.3 Å². The zero-order valence-electron chi connectivity index (χ0n) is 14.6. The van der Waals surface area contributed by atoms with Gasteiger partial charge in [0.1, 0.15) is 5.75 Å². The predicted molar refractivity (Wildman–Crippen MR) is 106 cm³/mol. The molecule has 1 aromatic rings. The van der Waals surface area contributed by atoms with Gasteiger partial charge in [0, 0.05) is 39.3 Å². The quantitative estimate of drug-likeness (QED) is 0.284. The molecule has 1 saturated heterocycles. The number of methoxy groups -OCH3 is 1. The van der Waals surface area contributed by atoms with E-state index in [2.05, 4.69) is 15.6 Å². The van der Waals surface area contributed by atoms with Crippen molar-refractivity contribution >= 4 is 41.9 Å². The Morgan fingerprint density at radius 2 is 2.12 bits per heavy atom. The largest absolute Gasteiger partial charge is 0.496 e. The van der Waals surface area contributed by atoms with Crippen LogP contribution >= 0.6 is 24.0 Å². The van der Waals surface area contributed by atoms with Crippen LogP contribution in [0.3, 0.4) is 0 Å². The van der Waals surface area contributed by atoms with Gasteiger partial charge in [0.05, 0.1) is 13.7 Å². The Hall–Kier alpha value is -2.04. The Morgan fingerprint density at radius 1 is 1.40 bits per heavy atom. The average Bonchev–Trinajstić information content (AvgIpc) is 2.90. The maximum atomic E-state index is 11.5. The van der Waals surface area contributed by atoms with Crippen molar-refractivity contribution in [1.82, 2.24) is 20.4 Å². The molecule has 2 rings (SSSR count). The van der Waals surface area contributed by atoms with Crippen LogP contribution in [0.5, 0.6) is 5.75 Å². The summed E-state index contributed by atoms with van der Waals surface area (Å²) in [6, 6.07) is 7.44. The third-order valence-corrected chi connectivity index (χ3v) is 3.73. The van der Waals surface area contributed by atoms with Gasteiger partial charge >= 0.3 is 6.03 Å². The molecule has 1 aliphatic heterocycles. The third-order valence-electron chi connectivity index (χ3n) is 3.73. The summed E-state index contributed by atoms with van der Waals surface area (Å²) in [5.41, 5.74) is 1.04. The van der Waals surface area contributed by atoms with Crippen LogP contribution in [0.2, 0.25) is 0 Å². The van der Waals surface area contributed by atoms with E-state index in [0.29, 0.717) is 25.6 Å². The lowest BCUT2D eigenvalue weighted by Gasteiger charge is -2.23. The van der Waals surface area contributed by atoms with E-state index in [4.69, 9.17) is 4.74 Å². The number of aliphatic imine (C=N–C) groups is 1. The van der Waals surface area contributed by atoms with Gasteiger partial charge in [-0.15, -0.1) is 24.0 Å². The van der Waals surface area contributed by atoms with Gasteiger partial charge < -0.3 is 20.3 Å². The molecule has 3 amide bonds. The third kappa shape index (κ3) is 5.48. The molecule has 0 aromatic heterocycles. The number of para-hydroxylation sites is 1. The maximum absolute atomic E-state index is 11.5. The second-order valence-electron chi connectivity index (χ2n) is 5.35. The van der Waals surface area contributed by atoms with Crippen molar-refractivity contribution < 1.29 is 14.3 Å². The first-order valence-electron chi connectivity index (χ1n) is 7.68. The van der Waals surface area contributed by atoms with Crippen molar-refractivity contribution in [3.8, 4) is 5.75 Å². The number of guanidine groups is 1. The smallest absolute Gasteiger partial charge is 0.324 e. The molecule has 0 unspecified atom stereocenters. The predicted octanol–water partition coefficient (Wildman–Crippen LogP) is 0.872. The summed E-state index contributed by atoms with van der Waals surface area (Å²) in [4.78, 5) is 30.4. The van der Waals surface area contributed by atoms with Crippen LogP contribution < -0.4 is 15.4 Å².